The first-order chi connectivity index (χ1) is 10.6. The Labute approximate surface area is 126 Å². The van der Waals surface area contributed by atoms with Gasteiger partial charge in [-0.05, 0) is 12.1 Å². The molecule has 1 aromatic heterocycles. The minimum atomic E-state index is -1.47. The summed E-state index contributed by atoms with van der Waals surface area (Å²) >= 11 is 0. The van der Waals surface area contributed by atoms with Crippen LogP contribution in [0.1, 0.15) is 0 Å². The van der Waals surface area contributed by atoms with Crippen molar-refractivity contribution in [2.45, 2.75) is 30.7 Å². The van der Waals surface area contributed by atoms with Crippen LogP contribution in [0.3, 0.4) is 0 Å². The maximum Gasteiger partial charge on any atom is 0.229 e. The van der Waals surface area contributed by atoms with Crippen molar-refractivity contribution in [3.05, 3.63) is 36.5 Å². The molecule has 22 heavy (non-hydrogen) atoms. The first-order valence-electron chi connectivity index (χ1n) is 6.92. The summed E-state index contributed by atoms with van der Waals surface area (Å²) in [5.41, 5.74) is 0.585. The van der Waals surface area contributed by atoms with Crippen LogP contribution < -0.4 is 4.74 Å². The topological polar surface area (TPSA) is 112 Å². The molecule has 0 aliphatic carbocycles. The van der Waals surface area contributed by atoms with Crippen molar-refractivity contribution in [1.82, 2.24) is 4.98 Å². The largest absolute Gasteiger partial charge is 0.460 e. The molecule has 118 valence electrons. The van der Waals surface area contributed by atoms with E-state index in [9.17, 15) is 20.4 Å². The third-order valence-electron chi connectivity index (χ3n) is 3.69. The normalized spacial score (nSPS) is 32.1. The zero-order valence-electron chi connectivity index (χ0n) is 11.6. The SMILES string of the molecule is OCC1OC(Oc2cccc3cccnc23)[C@H](O)[C@@H](O)[C@H]1O. The van der Waals surface area contributed by atoms with Gasteiger partial charge in [-0.2, -0.15) is 0 Å². The molecule has 1 fully saturated rings. The maximum absolute atomic E-state index is 9.99. The van der Waals surface area contributed by atoms with Crippen molar-refractivity contribution in [3.8, 4) is 5.75 Å². The summed E-state index contributed by atoms with van der Waals surface area (Å²) in [5, 5.41) is 39.5. The smallest absolute Gasteiger partial charge is 0.229 e. The summed E-state index contributed by atoms with van der Waals surface area (Å²) in [4.78, 5) is 4.22. The lowest BCUT2D eigenvalue weighted by Crippen LogP contribution is -2.60. The number of rotatable bonds is 3. The Morgan fingerprint density at radius 2 is 1.82 bits per heavy atom. The van der Waals surface area contributed by atoms with Gasteiger partial charge < -0.3 is 29.9 Å². The number of aliphatic hydroxyl groups excluding tert-OH is 4. The van der Waals surface area contributed by atoms with E-state index in [1.165, 1.54) is 0 Å². The van der Waals surface area contributed by atoms with Gasteiger partial charge in [-0.3, -0.25) is 4.98 Å². The number of pyridine rings is 1. The summed E-state index contributed by atoms with van der Waals surface area (Å²) in [6.07, 6.45) is -4.95. The molecule has 2 unspecified atom stereocenters. The van der Waals surface area contributed by atoms with Gasteiger partial charge in [0.25, 0.3) is 0 Å². The molecule has 7 nitrogen and oxygen atoms in total. The molecule has 1 aliphatic heterocycles. The van der Waals surface area contributed by atoms with Crippen LogP contribution in [-0.4, -0.2) is 62.7 Å². The van der Waals surface area contributed by atoms with Crippen molar-refractivity contribution < 1.29 is 29.9 Å². The van der Waals surface area contributed by atoms with Crippen LogP contribution in [0.2, 0.25) is 0 Å². The number of hydrogen-bond donors (Lipinski definition) is 4. The molecule has 4 N–H and O–H groups in total. The minimum absolute atomic E-state index is 0.377. The van der Waals surface area contributed by atoms with Gasteiger partial charge in [0, 0.05) is 11.6 Å². The summed E-state index contributed by atoms with van der Waals surface area (Å²) in [6, 6.07) is 8.95. The lowest BCUT2D eigenvalue weighted by molar-refractivity contribution is -0.277. The average Bonchev–Trinajstić information content (AvgIpc) is 2.55. The van der Waals surface area contributed by atoms with E-state index in [0.717, 1.165) is 5.39 Å². The zero-order valence-corrected chi connectivity index (χ0v) is 11.6. The Kier molecular flexibility index (Phi) is 4.23. The van der Waals surface area contributed by atoms with Crippen molar-refractivity contribution in [1.29, 1.82) is 0 Å². The van der Waals surface area contributed by atoms with Gasteiger partial charge in [0.05, 0.1) is 6.61 Å². The second kappa shape index (κ2) is 6.15. The van der Waals surface area contributed by atoms with Crippen molar-refractivity contribution in [2.75, 3.05) is 6.61 Å². The highest BCUT2D eigenvalue weighted by atomic mass is 16.7. The third-order valence-corrected chi connectivity index (χ3v) is 3.69. The molecule has 0 spiro atoms. The molecule has 5 atom stereocenters. The molecule has 2 heterocycles. The lowest BCUT2D eigenvalue weighted by atomic mass is 9.99. The number of aliphatic hydroxyl groups is 4. The van der Waals surface area contributed by atoms with E-state index in [-0.39, 0.29) is 0 Å². The van der Waals surface area contributed by atoms with Gasteiger partial charge in [-0.15, -0.1) is 0 Å². The zero-order chi connectivity index (χ0) is 15.7. The molecule has 7 heteroatoms. The van der Waals surface area contributed by atoms with Gasteiger partial charge in [0.15, 0.2) is 0 Å². The summed E-state index contributed by atoms with van der Waals surface area (Å²) in [6.45, 7) is -0.501. The third kappa shape index (κ3) is 2.65. The fourth-order valence-electron chi connectivity index (χ4n) is 2.46. The Hall–Kier alpha value is -1.77. The number of fused-ring (bicyclic) bond motifs is 1. The monoisotopic (exact) mass is 307 g/mol. The van der Waals surface area contributed by atoms with Crippen LogP contribution in [0.25, 0.3) is 10.9 Å². The molecule has 2 aromatic rings. The van der Waals surface area contributed by atoms with Crippen LogP contribution in [-0.2, 0) is 4.74 Å². The number of para-hydroxylation sites is 1. The van der Waals surface area contributed by atoms with Crippen molar-refractivity contribution >= 4 is 10.9 Å². The highest BCUT2D eigenvalue weighted by Crippen LogP contribution is 2.28. The van der Waals surface area contributed by atoms with Gasteiger partial charge in [-0.25, -0.2) is 0 Å². The predicted molar refractivity (Wildman–Crippen MR) is 76.1 cm³/mol. The van der Waals surface area contributed by atoms with Crippen LogP contribution >= 0.6 is 0 Å². The van der Waals surface area contributed by atoms with E-state index in [1.807, 2.05) is 12.1 Å². The van der Waals surface area contributed by atoms with E-state index in [4.69, 9.17) is 9.47 Å². The Balaban J connectivity index is 1.87. The van der Waals surface area contributed by atoms with Crippen molar-refractivity contribution in [3.63, 3.8) is 0 Å². The van der Waals surface area contributed by atoms with Gasteiger partial charge in [0.2, 0.25) is 6.29 Å². The summed E-state index contributed by atoms with van der Waals surface area (Å²) in [5.74, 6) is 0.377. The van der Waals surface area contributed by atoms with Crippen LogP contribution in [0.4, 0.5) is 0 Å². The highest BCUT2D eigenvalue weighted by molar-refractivity contribution is 5.84. The summed E-state index contributed by atoms with van der Waals surface area (Å²) < 4.78 is 10.9. The Bertz CT molecular complexity index is 643. The highest BCUT2D eigenvalue weighted by Gasteiger charge is 2.44. The second-order valence-electron chi connectivity index (χ2n) is 5.15. The molecule has 1 saturated heterocycles. The van der Waals surface area contributed by atoms with Crippen molar-refractivity contribution in [2.24, 2.45) is 0 Å². The first kappa shape index (κ1) is 15.1. The molecule has 0 radical (unpaired) electrons. The molecule has 1 aromatic carbocycles. The number of nitrogens with zero attached hydrogens (tertiary/aromatic N) is 1. The average molecular weight is 307 g/mol. The molecule has 1 aliphatic rings. The van der Waals surface area contributed by atoms with Crippen LogP contribution in [0.5, 0.6) is 5.75 Å². The van der Waals surface area contributed by atoms with E-state index < -0.39 is 37.3 Å². The fraction of sp³-hybridized carbons (Fsp3) is 0.400. The minimum Gasteiger partial charge on any atom is -0.460 e. The second-order valence-corrected chi connectivity index (χ2v) is 5.15. The van der Waals surface area contributed by atoms with E-state index in [0.29, 0.717) is 11.3 Å². The Morgan fingerprint density at radius 1 is 1.05 bits per heavy atom. The molecule has 0 saturated carbocycles. The van der Waals surface area contributed by atoms with Crippen LogP contribution in [0, 0.1) is 0 Å². The van der Waals surface area contributed by atoms with Gasteiger partial charge in [-0.1, -0.05) is 18.2 Å². The number of aromatic nitrogens is 1. The molecular weight excluding hydrogens is 290 g/mol. The van der Waals surface area contributed by atoms with E-state index >= 15 is 0 Å². The molecule has 0 amide bonds. The Morgan fingerprint density at radius 3 is 2.59 bits per heavy atom. The van der Waals surface area contributed by atoms with E-state index in [2.05, 4.69) is 4.98 Å². The standard InChI is InChI=1S/C15H17NO6/c17-7-10-12(18)13(19)14(20)15(22-10)21-9-5-1-3-8-4-2-6-16-11(8)9/h1-6,10,12-15,17-20H,7H2/t10?,12-,13-,14+,15?/m0/s1. The summed E-state index contributed by atoms with van der Waals surface area (Å²) in [7, 11) is 0. The number of benzene rings is 1. The number of hydrogen-bond acceptors (Lipinski definition) is 7. The molecule has 0 bridgehead atoms. The number of ether oxygens (including phenoxy) is 2. The van der Waals surface area contributed by atoms with Crippen LogP contribution in [0.15, 0.2) is 36.5 Å². The molecular formula is C15H17NO6. The maximum atomic E-state index is 9.99. The first-order valence-corrected chi connectivity index (χ1v) is 6.92. The van der Waals surface area contributed by atoms with Gasteiger partial charge >= 0.3 is 0 Å². The van der Waals surface area contributed by atoms with E-state index in [1.54, 1.807) is 24.4 Å². The molecule has 3 rings (SSSR count). The predicted octanol–water partition coefficient (Wildman–Crippen LogP) is -0.587. The quantitative estimate of drug-likeness (QED) is 0.600. The van der Waals surface area contributed by atoms with Gasteiger partial charge in [0.1, 0.15) is 35.7 Å². The fourth-order valence-corrected chi connectivity index (χ4v) is 2.46. The lowest BCUT2D eigenvalue weighted by Gasteiger charge is -2.39.